The van der Waals surface area contributed by atoms with Crippen molar-refractivity contribution in [3.63, 3.8) is 0 Å². The summed E-state index contributed by atoms with van der Waals surface area (Å²) in [6, 6.07) is 8.30. The Morgan fingerprint density at radius 2 is 1.76 bits per heavy atom. The van der Waals surface area contributed by atoms with Crippen molar-refractivity contribution >= 4 is 17.6 Å². The van der Waals surface area contributed by atoms with Crippen molar-refractivity contribution in [1.82, 2.24) is 0 Å². The first-order valence-electron chi connectivity index (χ1n) is 7.11. The first-order valence-corrected chi connectivity index (χ1v) is 7.11. The van der Waals surface area contributed by atoms with Crippen molar-refractivity contribution in [3.05, 3.63) is 63.2 Å². The van der Waals surface area contributed by atoms with Crippen LogP contribution >= 0.6 is 0 Å². The molecule has 0 aromatic heterocycles. The third kappa shape index (κ3) is 3.74. The Balaban J connectivity index is 2.34. The molecule has 0 heterocycles. The molecule has 2 rings (SSSR count). The van der Waals surface area contributed by atoms with Gasteiger partial charge in [-0.1, -0.05) is 6.07 Å². The van der Waals surface area contributed by atoms with Crippen LogP contribution in [0.5, 0.6) is 11.5 Å². The summed E-state index contributed by atoms with van der Waals surface area (Å²) in [7, 11) is 2.60. The van der Waals surface area contributed by atoms with Gasteiger partial charge in [-0.15, -0.1) is 0 Å². The first kappa shape index (κ1) is 17.9. The SMILES string of the molecule is COC(=O)c1ccc(OC(=O)c2cccc([N+](=O)[O-])c2C)c(OC)c1. The van der Waals surface area contributed by atoms with Gasteiger partial charge in [0.1, 0.15) is 0 Å². The number of esters is 2. The molecule has 0 unspecified atom stereocenters. The highest BCUT2D eigenvalue weighted by molar-refractivity contribution is 5.94. The van der Waals surface area contributed by atoms with Crippen molar-refractivity contribution in [1.29, 1.82) is 0 Å². The molecule has 0 amide bonds. The summed E-state index contributed by atoms with van der Waals surface area (Å²) < 4.78 is 15.0. The largest absolute Gasteiger partial charge is 0.493 e. The monoisotopic (exact) mass is 345 g/mol. The first-order chi connectivity index (χ1) is 11.9. The summed E-state index contributed by atoms with van der Waals surface area (Å²) >= 11 is 0. The Bertz CT molecular complexity index is 845. The van der Waals surface area contributed by atoms with Crippen molar-refractivity contribution in [2.24, 2.45) is 0 Å². The Hall–Kier alpha value is -3.42. The van der Waals surface area contributed by atoms with Gasteiger partial charge in [-0.05, 0) is 31.2 Å². The van der Waals surface area contributed by atoms with Crippen LogP contribution in [0.4, 0.5) is 5.69 Å². The molecule has 0 spiro atoms. The minimum Gasteiger partial charge on any atom is -0.493 e. The number of hydrogen-bond acceptors (Lipinski definition) is 7. The van der Waals surface area contributed by atoms with Gasteiger partial charge in [0.2, 0.25) is 0 Å². The van der Waals surface area contributed by atoms with E-state index in [2.05, 4.69) is 4.74 Å². The predicted octanol–water partition coefficient (Wildman–Crippen LogP) is 2.92. The summed E-state index contributed by atoms with van der Waals surface area (Å²) in [5.74, 6) is -1.11. The van der Waals surface area contributed by atoms with Gasteiger partial charge in [-0.25, -0.2) is 9.59 Å². The van der Waals surface area contributed by atoms with E-state index in [9.17, 15) is 19.7 Å². The number of nitrogens with zero attached hydrogens (tertiary/aromatic N) is 1. The molecule has 8 nitrogen and oxygen atoms in total. The number of carbonyl (C=O) groups excluding carboxylic acids is 2. The lowest BCUT2D eigenvalue weighted by Crippen LogP contribution is -2.12. The summed E-state index contributed by atoms with van der Waals surface area (Å²) in [6.45, 7) is 1.46. The minimum atomic E-state index is -0.773. The van der Waals surface area contributed by atoms with Crippen LogP contribution in [0.25, 0.3) is 0 Å². The van der Waals surface area contributed by atoms with Gasteiger partial charge in [-0.2, -0.15) is 0 Å². The lowest BCUT2D eigenvalue weighted by Gasteiger charge is -2.11. The number of methoxy groups -OCH3 is 2. The summed E-state index contributed by atoms with van der Waals surface area (Å²) in [4.78, 5) is 34.3. The van der Waals surface area contributed by atoms with Gasteiger partial charge in [0.15, 0.2) is 11.5 Å². The zero-order valence-electron chi connectivity index (χ0n) is 13.8. The standard InChI is InChI=1S/C17H15NO7/c1-10-12(5-4-6-13(10)18(21)22)17(20)25-14-8-7-11(16(19)24-3)9-15(14)23-2/h4-9H,1-3H3. The van der Waals surface area contributed by atoms with E-state index < -0.39 is 16.9 Å². The second-order valence-electron chi connectivity index (χ2n) is 4.95. The number of nitro groups is 1. The van der Waals surface area contributed by atoms with Crippen LogP contribution in [0.1, 0.15) is 26.3 Å². The second-order valence-corrected chi connectivity index (χ2v) is 4.95. The molecule has 0 bridgehead atoms. The molecule has 0 aliphatic carbocycles. The quantitative estimate of drug-likeness (QED) is 0.355. The molecule has 0 aliphatic heterocycles. The van der Waals surface area contributed by atoms with E-state index >= 15 is 0 Å². The van der Waals surface area contributed by atoms with Crippen molar-refractivity contribution < 1.29 is 28.7 Å². The van der Waals surface area contributed by atoms with Crippen LogP contribution in [0.15, 0.2) is 36.4 Å². The number of benzene rings is 2. The number of carbonyl (C=O) groups is 2. The zero-order chi connectivity index (χ0) is 18.6. The molecule has 0 aliphatic rings. The van der Waals surface area contributed by atoms with Crippen molar-refractivity contribution in [2.45, 2.75) is 6.92 Å². The van der Waals surface area contributed by atoms with Crippen LogP contribution in [-0.2, 0) is 4.74 Å². The number of hydrogen-bond donors (Lipinski definition) is 0. The number of rotatable bonds is 5. The van der Waals surface area contributed by atoms with E-state index in [1.54, 1.807) is 0 Å². The topological polar surface area (TPSA) is 105 Å². The van der Waals surface area contributed by atoms with E-state index in [1.807, 2.05) is 0 Å². The molecule has 0 saturated heterocycles. The fourth-order valence-corrected chi connectivity index (χ4v) is 2.19. The van der Waals surface area contributed by atoms with Gasteiger partial charge in [-0.3, -0.25) is 10.1 Å². The van der Waals surface area contributed by atoms with Crippen molar-refractivity contribution in [2.75, 3.05) is 14.2 Å². The molecule has 8 heteroatoms. The van der Waals surface area contributed by atoms with E-state index in [0.717, 1.165) is 0 Å². The maximum atomic E-state index is 12.4. The molecular formula is C17H15NO7. The van der Waals surface area contributed by atoms with Crippen LogP contribution in [-0.4, -0.2) is 31.1 Å². The summed E-state index contributed by atoms with van der Waals surface area (Å²) in [5.41, 5.74) is 0.309. The van der Waals surface area contributed by atoms with Gasteiger partial charge < -0.3 is 14.2 Å². The van der Waals surface area contributed by atoms with Gasteiger partial charge >= 0.3 is 11.9 Å². The average molecular weight is 345 g/mol. The second kappa shape index (κ2) is 7.43. The zero-order valence-corrected chi connectivity index (χ0v) is 13.8. The number of nitro benzene ring substituents is 1. The molecule has 0 saturated carbocycles. The smallest absolute Gasteiger partial charge is 0.344 e. The molecule has 0 fully saturated rings. The molecule has 0 radical (unpaired) electrons. The Kier molecular flexibility index (Phi) is 5.33. The van der Waals surface area contributed by atoms with Crippen LogP contribution < -0.4 is 9.47 Å². The van der Waals surface area contributed by atoms with Crippen LogP contribution in [0, 0.1) is 17.0 Å². The molecule has 25 heavy (non-hydrogen) atoms. The Labute approximate surface area is 143 Å². The lowest BCUT2D eigenvalue weighted by atomic mass is 10.1. The maximum Gasteiger partial charge on any atom is 0.344 e. The molecule has 130 valence electrons. The highest BCUT2D eigenvalue weighted by atomic mass is 16.6. The van der Waals surface area contributed by atoms with Crippen molar-refractivity contribution in [3.8, 4) is 11.5 Å². The Morgan fingerprint density at radius 3 is 2.36 bits per heavy atom. The van der Waals surface area contributed by atoms with E-state index in [-0.39, 0.29) is 33.9 Å². The molecular weight excluding hydrogens is 330 g/mol. The van der Waals surface area contributed by atoms with Gasteiger partial charge in [0.25, 0.3) is 5.69 Å². The van der Waals surface area contributed by atoms with E-state index in [0.29, 0.717) is 0 Å². The average Bonchev–Trinajstić information content (AvgIpc) is 2.61. The van der Waals surface area contributed by atoms with Crippen LogP contribution in [0.2, 0.25) is 0 Å². The summed E-state index contributed by atoms with van der Waals surface area (Å²) in [5, 5.41) is 11.0. The van der Waals surface area contributed by atoms with Crippen LogP contribution in [0.3, 0.4) is 0 Å². The lowest BCUT2D eigenvalue weighted by molar-refractivity contribution is -0.385. The third-order valence-corrected chi connectivity index (χ3v) is 3.51. The minimum absolute atomic E-state index is 0.0632. The molecule has 2 aromatic rings. The summed E-state index contributed by atoms with van der Waals surface area (Å²) in [6.07, 6.45) is 0. The van der Waals surface area contributed by atoms with E-state index in [1.165, 1.54) is 57.5 Å². The third-order valence-electron chi connectivity index (χ3n) is 3.51. The fraction of sp³-hybridized carbons (Fsp3) is 0.176. The van der Waals surface area contributed by atoms with Gasteiger partial charge in [0, 0.05) is 11.6 Å². The highest BCUT2D eigenvalue weighted by Gasteiger charge is 2.21. The van der Waals surface area contributed by atoms with Gasteiger partial charge in [0.05, 0.1) is 30.3 Å². The Morgan fingerprint density at radius 1 is 1.04 bits per heavy atom. The molecule has 2 aromatic carbocycles. The normalized spacial score (nSPS) is 10.0. The number of ether oxygens (including phenoxy) is 3. The van der Waals surface area contributed by atoms with E-state index in [4.69, 9.17) is 9.47 Å². The maximum absolute atomic E-state index is 12.4. The fourth-order valence-electron chi connectivity index (χ4n) is 2.19. The predicted molar refractivity (Wildman–Crippen MR) is 87.1 cm³/mol. The molecule has 0 atom stereocenters. The highest BCUT2D eigenvalue weighted by Crippen LogP contribution is 2.30. The molecule has 0 N–H and O–H groups in total.